The summed E-state index contributed by atoms with van der Waals surface area (Å²) in [5.41, 5.74) is -0.156. The zero-order valence-corrected chi connectivity index (χ0v) is 21.7. The summed E-state index contributed by atoms with van der Waals surface area (Å²) in [6.45, 7) is 11.2. The molecule has 1 aromatic rings. The van der Waals surface area contributed by atoms with Gasteiger partial charge in [-0.1, -0.05) is 51.1 Å². The molecule has 0 radical (unpaired) electrons. The van der Waals surface area contributed by atoms with Gasteiger partial charge in [0.2, 0.25) is 5.91 Å². The van der Waals surface area contributed by atoms with E-state index >= 15 is 0 Å². The quantitative estimate of drug-likeness (QED) is 0.509. The van der Waals surface area contributed by atoms with Gasteiger partial charge in [0.15, 0.2) is 0 Å². The number of rotatable bonds is 9. The summed E-state index contributed by atoms with van der Waals surface area (Å²) in [5.74, 6) is -2.42. The highest BCUT2D eigenvalue weighted by molar-refractivity contribution is 5.92. The lowest BCUT2D eigenvalue weighted by Crippen LogP contribution is -2.57. The predicted molar refractivity (Wildman–Crippen MR) is 130 cm³/mol. The van der Waals surface area contributed by atoms with Crippen LogP contribution < -0.4 is 5.32 Å². The van der Waals surface area contributed by atoms with Crippen LogP contribution in [0.1, 0.15) is 59.9 Å². The Kier molecular flexibility index (Phi) is 8.92. The number of carbonyl (C=O) groups is 4. The van der Waals surface area contributed by atoms with E-state index in [4.69, 9.17) is 9.47 Å². The molecule has 0 spiro atoms. The van der Waals surface area contributed by atoms with E-state index < -0.39 is 48.0 Å². The summed E-state index contributed by atoms with van der Waals surface area (Å²) in [7, 11) is 1.25. The molecule has 194 valence electrons. The van der Waals surface area contributed by atoms with E-state index in [1.807, 2.05) is 30.3 Å². The third-order valence-electron chi connectivity index (χ3n) is 5.93. The van der Waals surface area contributed by atoms with Crippen LogP contribution in [0.5, 0.6) is 0 Å². The number of benzene rings is 1. The number of amides is 2. The van der Waals surface area contributed by atoms with Gasteiger partial charge in [-0.05, 0) is 44.1 Å². The molecule has 0 heterocycles. The van der Waals surface area contributed by atoms with Gasteiger partial charge in [0.05, 0.1) is 13.5 Å². The van der Waals surface area contributed by atoms with Crippen LogP contribution in [0.15, 0.2) is 30.3 Å². The van der Waals surface area contributed by atoms with Crippen LogP contribution >= 0.6 is 0 Å². The number of hydrogen-bond acceptors (Lipinski definition) is 6. The summed E-state index contributed by atoms with van der Waals surface area (Å²) in [6, 6.07) is 6.53. The first-order valence-electron chi connectivity index (χ1n) is 11.8. The van der Waals surface area contributed by atoms with Crippen molar-refractivity contribution >= 4 is 23.9 Å². The van der Waals surface area contributed by atoms with Crippen LogP contribution in [0.4, 0.5) is 4.79 Å². The van der Waals surface area contributed by atoms with Gasteiger partial charge in [0.1, 0.15) is 17.7 Å². The van der Waals surface area contributed by atoms with Crippen molar-refractivity contribution in [1.82, 2.24) is 10.2 Å². The highest BCUT2D eigenvalue weighted by atomic mass is 16.6. The smallest absolute Gasteiger partial charge is 0.408 e. The number of carbonyl (C=O) groups excluding carboxylic acids is 3. The van der Waals surface area contributed by atoms with Gasteiger partial charge in [-0.2, -0.15) is 0 Å². The average molecular weight is 491 g/mol. The lowest BCUT2D eigenvalue weighted by atomic mass is 9.89. The standard InChI is InChI=1S/C26H38N2O7/c1-25(2,3)17-14-19(17)28(20(23(32)34-7)13-16-11-9-8-10-12-16)22(31)18(15-21(29)30)27-24(33)35-26(4,5)6/h8-12,17-20H,13-15H2,1-7H3,(H,27,33)(H,29,30)/t17?,18-,19?,20-/m0/s1. The van der Waals surface area contributed by atoms with Gasteiger partial charge in [0.25, 0.3) is 0 Å². The molecule has 2 amide bonds. The second-order valence-electron chi connectivity index (χ2n) is 11.0. The first-order chi connectivity index (χ1) is 16.1. The number of hydrogen-bond donors (Lipinski definition) is 2. The molecule has 0 aromatic heterocycles. The van der Waals surface area contributed by atoms with Crippen molar-refractivity contribution in [2.24, 2.45) is 11.3 Å². The van der Waals surface area contributed by atoms with Crippen molar-refractivity contribution in [2.75, 3.05) is 7.11 Å². The molecule has 0 saturated heterocycles. The van der Waals surface area contributed by atoms with Crippen LogP contribution in [0.3, 0.4) is 0 Å². The largest absolute Gasteiger partial charge is 0.481 e. The number of alkyl carbamates (subject to hydrolysis) is 1. The van der Waals surface area contributed by atoms with Crippen molar-refractivity contribution in [3.63, 3.8) is 0 Å². The molecule has 2 rings (SSSR count). The number of aliphatic carboxylic acids is 1. The zero-order valence-electron chi connectivity index (χ0n) is 21.7. The Morgan fingerprint density at radius 3 is 2.14 bits per heavy atom. The Morgan fingerprint density at radius 2 is 1.69 bits per heavy atom. The van der Waals surface area contributed by atoms with Gasteiger partial charge >= 0.3 is 18.0 Å². The molecule has 1 saturated carbocycles. The molecule has 1 fully saturated rings. The molecule has 2 N–H and O–H groups in total. The van der Waals surface area contributed by atoms with Crippen molar-refractivity contribution in [1.29, 1.82) is 0 Å². The highest BCUT2D eigenvalue weighted by Crippen LogP contribution is 2.49. The normalized spacial score (nSPS) is 19.2. The lowest BCUT2D eigenvalue weighted by Gasteiger charge is -2.35. The summed E-state index contributed by atoms with van der Waals surface area (Å²) < 4.78 is 10.3. The molecule has 1 aliphatic rings. The van der Waals surface area contributed by atoms with Crippen molar-refractivity contribution in [3.05, 3.63) is 35.9 Å². The summed E-state index contributed by atoms with van der Waals surface area (Å²) >= 11 is 0. The van der Waals surface area contributed by atoms with Crippen molar-refractivity contribution in [3.8, 4) is 0 Å². The van der Waals surface area contributed by atoms with Crippen LogP contribution in [0.2, 0.25) is 0 Å². The Bertz CT molecular complexity index is 918. The topological polar surface area (TPSA) is 122 Å². The zero-order chi connectivity index (χ0) is 26.6. The monoisotopic (exact) mass is 490 g/mol. The predicted octanol–water partition coefficient (Wildman–Crippen LogP) is 3.40. The molecule has 1 aliphatic carbocycles. The minimum Gasteiger partial charge on any atom is -0.481 e. The van der Waals surface area contributed by atoms with Gasteiger partial charge < -0.3 is 24.8 Å². The van der Waals surface area contributed by atoms with Crippen molar-refractivity contribution < 1.29 is 33.8 Å². The van der Waals surface area contributed by atoms with Gasteiger partial charge in [-0.15, -0.1) is 0 Å². The maximum atomic E-state index is 13.9. The van der Waals surface area contributed by atoms with E-state index in [0.29, 0.717) is 6.42 Å². The van der Waals surface area contributed by atoms with E-state index in [1.165, 1.54) is 12.0 Å². The molecule has 4 atom stereocenters. The average Bonchev–Trinajstić information content (AvgIpc) is 3.52. The Labute approximate surface area is 207 Å². The van der Waals surface area contributed by atoms with Crippen LogP contribution in [-0.2, 0) is 30.3 Å². The van der Waals surface area contributed by atoms with Crippen LogP contribution in [0.25, 0.3) is 0 Å². The summed E-state index contributed by atoms with van der Waals surface area (Å²) in [4.78, 5) is 52.3. The fourth-order valence-corrected chi connectivity index (χ4v) is 4.24. The highest BCUT2D eigenvalue weighted by Gasteiger charge is 2.54. The van der Waals surface area contributed by atoms with Gasteiger partial charge in [-0.25, -0.2) is 9.59 Å². The lowest BCUT2D eigenvalue weighted by molar-refractivity contribution is -0.155. The third-order valence-corrected chi connectivity index (χ3v) is 5.93. The number of carboxylic acids is 1. The Balaban J connectivity index is 2.45. The number of ether oxygens (including phenoxy) is 2. The molecule has 0 bridgehead atoms. The number of carboxylic acid groups (broad SMARTS) is 1. The van der Waals surface area contributed by atoms with Crippen molar-refractivity contribution in [2.45, 2.75) is 84.5 Å². The van der Waals surface area contributed by atoms with E-state index in [0.717, 1.165) is 5.56 Å². The summed E-state index contributed by atoms with van der Waals surface area (Å²) in [5, 5.41) is 11.9. The fraction of sp³-hybridized carbons (Fsp3) is 0.615. The van der Waals surface area contributed by atoms with E-state index in [-0.39, 0.29) is 23.8 Å². The molecule has 9 heteroatoms. The maximum absolute atomic E-state index is 13.9. The van der Waals surface area contributed by atoms with E-state index in [2.05, 4.69) is 26.1 Å². The summed E-state index contributed by atoms with van der Waals surface area (Å²) in [6.07, 6.45) is -0.707. The fourth-order valence-electron chi connectivity index (χ4n) is 4.24. The molecule has 9 nitrogen and oxygen atoms in total. The SMILES string of the molecule is COC(=O)[C@H](Cc1ccccc1)N(C(=O)[C@H](CC(=O)O)NC(=O)OC(C)(C)C)C1CC1C(C)(C)C. The molecule has 2 unspecified atom stereocenters. The number of esters is 1. The van der Waals surface area contributed by atoms with Crippen LogP contribution in [-0.4, -0.2) is 64.8 Å². The third kappa shape index (κ3) is 8.26. The Morgan fingerprint density at radius 1 is 1.09 bits per heavy atom. The number of methoxy groups -OCH3 is 1. The number of nitrogens with zero attached hydrogens (tertiary/aromatic N) is 1. The molecule has 35 heavy (non-hydrogen) atoms. The van der Waals surface area contributed by atoms with Gasteiger partial charge in [-0.3, -0.25) is 9.59 Å². The Hall–Kier alpha value is -3.10. The first kappa shape index (κ1) is 28.1. The molecular formula is C26H38N2O7. The molecule has 0 aliphatic heterocycles. The molecular weight excluding hydrogens is 452 g/mol. The maximum Gasteiger partial charge on any atom is 0.408 e. The molecule has 1 aromatic carbocycles. The van der Waals surface area contributed by atoms with Gasteiger partial charge in [0, 0.05) is 12.5 Å². The van der Waals surface area contributed by atoms with E-state index in [9.17, 15) is 24.3 Å². The first-order valence-corrected chi connectivity index (χ1v) is 11.8. The minimum atomic E-state index is -1.41. The second kappa shape index (κ2) is 11.1. The van der Waals surface area contributed by atoms with Crippen LogP contribution in [0, 0.1) is 11.3 Å². The second-order valence-corrected chi connectivity index (χ2v) is 11.0. The number of nitrogens with one attached hydrogen (secondary N) is 1. The van der Waals surface area contributed by atoms with E-state index in [1.54, 1.807) is 20.8 Å². The minimum absolute atomic E-state index is 0.0985.